The number of carbonyl (C=O) groups excluding carboxylic acids is 2. The minimum absolute atomic E-state index is 0.0756. The summed E-state index contributed by atoms with van der Waals surface area (Å²) in [4.78, 5) is 30.8. The number of nitrogens with one attached hydrogen (secondary N) is 1. The van der Waals surface area contributed by atoms with Crippen molar-refractivity contribution in [2.45, 2.75) is 20.0 Å². The Hall–Kier alpha value is -2.91. The van der Waals surface area contributed by atoms with Gasteiger partial charge in [0.2, 0.25) is 5.91 Å². The van der Waals surface area contributed by atoms with Gasteiger partial charge in [-0.3, -0.25) is 9.69 Å². The number of halogens is 2. The Morgan fingerprint density at radius 2 is 1.87 bits per heavy atom. The van der Waals surface area contributed by atoms with Gasteiger partial charge in [-0.2, -0.15) is 0 Å². The van der Waals surface area contributed by atoms with Gasteiger partial charge in [-0.25, -0.2) is 13.6 Å². The molecule has 8 nitrogen and oxygen atoms in total. The first kappa shape index (κ1) is 20.4. The molecule has 30 heavy (non-hydrogen) atoms. The zero-order valence-electron chi connectivity index (χ0n) is 17.0. The van der Waals surface area contributed by atoms with Crippen molar-refractivity contribution >= 4 is 29.1 Å². The molecule has 1 aromatic carbocycles. The van der Waals surface area contributed by atoms with Crippen molar-refractivity contribution in [1.29, 1.82) is 0 Å². The molecule has 1 unspecified atom stereocenters. The SMILES string of the molecule is CON=C(C)C1[C@H]2CN(c3c(F)cc(N4C[C@H](CNC(C)=O)OC4=O)cc3F)C[C@@H]12. The van der Waals surface area contributed by atoms with Gasteiger partial charge < -0.3 is 19.8 Å². The van der Waals surface area contributed by atoms with Crippen LogP contribution in [-0.2, 0) is 14.4 Å². The van der Waals surface area contributed by atoms with E-state index in [2.05, 4.69) is 10.5 Å². The standard InChI is InChI=1S/C20H24F2N4O4/c1-10(24-29-3)18-14-8-25(9-15(14)18)19-16(21)4-12(5-17(19)22)26-7-13(30-20(26)28)6-23-11(2)27/h4-5,13-15,18H,6-9H2,1-3H3,(H,23,27)/t13-,14-,15+,18?/m0/s1. The van der Waals surface area contributed by atoms with Gasteiger partial charge in [0.15, 0.2) is 11.6 Å². The predicted molar refractivity (Wildman–Crippen MR) is 105 cm³/mol. The summed E-state index contributed by atoms with van der Waals surface area (Å²) in [5.41, 5.74) is 0.924. The summed E-state index contributed by atoms with van der Waals surface area (Å²) >= 11 is 0. The molecule has 0 radical (unpaired) electrons. The van der Waals surface area contributed by atoms with E-state index >= 15 is 0 Å². The first-order valence-electron chi connectivity index (χ1n) is 9.84. The summed E-state index contributed by atoms with van der Waals surface area (Å²) in [5.74, 6) is -0.769. The maximum absolute atomic E-state index is 14.9. The van der Waals surface area contributed by atoms with Crippen molar-refractivity contribution in [3.8, 4) is 0 Å². The number of nitrogens with zero attached hydrogens (tertiary/aromatic N) is 3. The van der Waals surface area contributed by atoms with E-state index in [4.69, 9.17) is 9.57 Å². The Kier molecular flexibility index (Phi) is 5.25. The lowest BCUT2D eigenvalue weighted by Gasteiger charge is -2.24. The van der Waals surface area contributed by atoms with Gasteiger partial charge in [-0.15, -0.1) is 0 Å². The molecule has 162 valence electrons. The summed E-state index contributed by atoms with van der Waals surface area (Å²) in [6.07, 6.45) is -1.28. The largest absolute Gasteiger partial charge is 0.442 e. The van der Waals surface area contributed by atoms with E-state index in [9.17, 15) is 18.4 Å². The summed E-state index contributed by atoms with van der Waals surface area (Å²) in [7, 11) is 1.50. The van der Waals surface area contributed by atoms with E-state index in [-0.39, 0.29) is 30.4 Å². The molecule has 4 atom stereocenters. The molecule has 1 aliphatic carbocycles. The van der Waals surface area contributed by atoms with Crippen LogP contribution >= 0.6 is 0 Å². The highest BCUT2D eigenvalue weighted by Crippen LogP contribution is 2.53. The molecule has 3 fully saturated rings. The number of piperidine rings is 1. The number of hydrogen-bond donors (Lipinski definition) is 1. The second kappa shape index (κ2) is 7.73. The van der Waals surface area contributed by atoms with Crippen LogP contribution in [0.5, 0.6) is 0 Å². The molecule has 1 aromatic rings. The van der Waals surface area contributed by atoms with Crippen molar-refractivity contribution in [2.24, 2.45) is 22.9 Å². The molecule has 0 spiro atoms. The summed E-state index contributed by atoms with van der Waals surface area (Å²) in [6.45, 7) is 4.59. The lowest BCUT2D eigenvalue weighted by atomic mass is 10.1. The normalized spacial score (nSPS) is 27.8. The molecular formula is C20H24F2N4O4. The quantitative estimate of drug-likeness (QED) is 0.561. The third-order valence-corrected chi connectivity index (χ3v) is 5.99. The van der Waals surface area contributed by atoms with Crippen LogP contribution < -0.4 is 15.1 Å². The number of anilines is 2. The molecule has 0 aromatic heterocycles. The van der Waals surface area contributed by atoms with Crippen molar-refractivity contribution in [3.05, 3.63) is 23.8 Å². The van der Waals surface area contributed by atoms with Crippen LogP contribution in [-0.4, -0.2) is 57.1 Å². The molecule has 4 rings (SSSR count). The fourth-order valence-electron chi connectivity index (χ4n) is 4.64. The van der Waals surface area contributed by atoms with Gasteiger partial charge in [0, 0.05) is 38.1 Å². The molecule has 2 heterocycles. The van der Waals surface area contributed by atoms with Crippen LogP contribution in [0, 0.1) is 29.4 Å². The Bertz CT molecular complexity index is 874. The highest BCUT2D eigenvalue weighted by atomic mass is 19.1. The van der Waals surface area contributed by atoms with Crippen LogP contribution in [0.25, 0.3) is 0 Å². The van der Waals surface area contributed by atoms with Crippen LogP contribution in [0.1, 0.15) is 13.8 Å². The number of ether oxygens (including phenoxy) is 1. The summed E-state index contributed by atoms with van der Waals surface area (Å²) < 4.78 is 34.9. The fourth-order valence-corrected chi connectivity index (χ4v) is 4.64. The number of amides is 2. The third kappa shape index (κ3) is 3.66. The molecular weight excluding hydrogens is 398 g/mol. The zero-order chi connectivity index (χ0) is 21.6. The Morgan fingerprint density at radius 1 is 1.23 bits per heavy atom. The molecule has 2 aliphatic heterocycles. The maximum Gasteiger partial charge on any atom is 0.414 e. The summed E-state index contributed by atoms with van der Waals surface area (Å²) in [6, 6.07) is 2.30. The first-order valence-corrected chi connectivity index (χ1v) is 9.84. The topological polar surface area (TPSA) is 83.5 Å². The second-order valence-corrected chi connectivity index (χ2v) is 7.99. The molecule has 10 heteroatoms. The minimum atomic E-state index is -0.719. The first-order chi connectivity index (χ1) is 14.3. The van der Waals surface area contributed by atoms with E-state index in [0.717, 1.165) is 17.8 Å². The smallest absolute Gasteiger partial charge is 0.414 e. The second-order valence-electron chi connectivity index (χ2n) is 7.99. The monoisotopic (exact) mass is 422 g/mol. The number of benzene rings is 1. The molecule has 2 saturated heterocycles. The van der Waals surface area contributed by atoms with E-state index in [1.807, 2.05) is 6.92 Å². The van der Waals surface area contributed by atoms with Crippen LogP contribution in [0.15, 0.2) is 17.3 Å². The lowest BCUT2D eigenvalue weighted by Crippen LogP contribution is -2.33. The van der Waals surface area contributed by atoms with Gasteiger partial charge in [0.05, 0.1) is 24.5 Å². The average molecular weight is 422 g/mol. The average Bonchev–Trinajstić information content (AvgIpc) is 2.98. The third-order valence-electron chi connectivity index (χ3n) is 5.99. The van der Waals surface area contributed by atoms with Gasteiger partial charge in [-0.05, 0) is 18.8 Å². The number of oxime groups is 1. The summed E-state index contributed by atoms with van der Waals surface area (Å²) in [5, 5.41) is 6.53. The van der Waals surface area contributed by atoms with E-state index < -0.39 is 23.8 Å². The highest BCUT2D eigenvalue weighted by molar-refractivity contribution is 5.90. The van der Waals surface area contributed by atoms with Crippen LogP contribution in [0.4, 0.5) is 25.0 Å². The number of rotatable bonds is 6. The van der Waals surface area contributed by atoms with Gasteiger partial charge in [-0.1, -0.05) is 5.16 Å². The van der Waals surface area contributed by atoms with Crippen LogP contribution in [0.2, 0.25) is 0 Å². The number of hydrogen-bond acceptors (Lipinski definition) is 6. The minimum Gasteiger partial charge on any atom is -0.442 e. The molecule has 3 aliphatic rings. The van der Waals surface area contributed by atoms with Gasteiger partial charge in [0.1, 0.15) is 18.9 Å². The molecule has 1 N–H and O–H groups in total. The van der Waals surface area contributed by atoms with Gasteiger partial charge >= 0.3 is 6.09 Å². The number of fused-ring (bicyclic) bond motifs is 1. The Labute approximate surface area is 172 Å². The molecule has 2 amide bonds. The lowest BCUT2D eigenvalue weighted by molar-refractivity contribution is -0.119. The Balaban J connectivity index is 1.45. The molecule has 1 saturated carbocycles. The van der Waals surface area contributed by atoms with E-state index in [1.165, 1.54) is 18.9 Å². The van der Waals surface area contributed by atoms with Crippen molar-refractivity contribution in [2.75, 3.05) is 43.1 Å². The van der Waals surface area contributed by atoms with Crippen molar-refractivity contribution in [1.82, 2.24) is 5.32 Å². The Morgan fingerprint density at radius 3 is 2.43 bits per heavy atom. The fraction of sp³-hybridized carbons (Fsp3) is 0.550. The highest BCUT2D eigenvalue weighted by Gasteiger charge is 2.57. The van der Waals surface area contributed by atoms with Crippen molar-refractivity contribution < 1.29 is 27.9 Å². The van der Waals surface area contributed by atoms with Crippen LogP contribution in [0.3, 0.4) is 0 Å². The number of carbonyl (C=O) groups is 2. The van der Waals surface area contributed by atoms with Gasteiger partial charge in [0.25, 0.3) is 0 Å². The predicted octanol–water partition coefficient (Wildman–Crippen LogP) is 2.13. The maximum atomic E-state index is 14.9. The number of cyclic esters (lactones) is 1. The van der Waals surface area contributed by atoms with Crippen molar-refractivity contribution in [3.63, 3.8) is 0 Å². The van der Waals surface area contributed by atoms with E-state index in [1.54, 1.807) is 4.90 Å². The zero-order valence-corrected chi connectivity index (χ0v) is 17.0. The molecule has 0 bridgehead atoms. The van der Waals surface area contributed by atoms with E-state index in [0.29, 0.717) is 30.8 Å².